The van der Waals surface area contributed by atoms with Crippen molar-refractivity contribution in [2.45, 2.75) is 44.1 Å². The maximum absolute atomic E-state index is 10.2. The molecule has 0 bridgehead atoms. The average Bonchev–Trinajstić information content (AvgIpc) is 3.19. The van der Waals surface area contributed by atoms with Crippen molar-refractivity contribution in [2.24, 2.45) is 5.73 Å². The van der Waals surface area contributed by atoms with Crippen LogP contribution >= 0.6 is 0 Å². The van der Waals surface area contributed by atoms with Crippen LogP contribution < -0.4 is 11.5 Å². The molecule has 1 saturated heterocycles. The summed E-state index contributed by atoms with van der Waals surface area (Å²) in [7, 11) is 0. The molecular formula is C15H24N6O4. The number of fused-ring (bicyclic) bond motifs is 1. The summed E-state index contributed by atoms with van der Waals surface area (Å²) >= 11 is 0. The lowest BCUT2D eigenvalue weighted by atomic mass is 10.2. The number of nitrogens with two attached hydrogens (primary N) is 2. The van der Waals surface area contributed by atoms with Gasteiger partial charge < -0.3 is 21.3 Å². The van der Waals surface area contributed by atoms with E-state index >= 15 is 0 Å². The van der Waals surface area contributed by atoms with Gasteiger partial charge in [0.05, 0.1) is 19.0 Å². The lowest BCUT2D eigenvalue weighted by molar-refractivity contribution is -0.310. The normalized spacial score (nSPS) is 23.5. The minimum absolute atomic E-state index is 0.151. The van der Waals surface area contributed by atoms with Gasteiger partial charge in [-0.05, 0) is 25.8 Å². The van der Waals surface area contributed by atoms with Gasteiger partial charge in [0.2, 0.25) is 0 Å². The third-order valence-electron chi connectivity index (χ3n) is 4.15. The molecule has 0 unspecified atom stereocenters. The summed E-state index contributed by atoms with van der Waals surface area (Å²) in [6, 6.07) is 0. The van der Waals surface area contributed by atoms with Crippen LogP contribution in [-0.2, 0) is 14.5 Å². The van der Waals surface area contributed by atoms with Crippen LogP contribution in [0.15, 0.2) is 12.7 Å². The number of anilines is 1. The summed E-state index contributed by atoms with van der Waals surface area (Å²) in [5, 5.41) is 10.2. The smallest absolute Gasteiger partial charge is 0.167 e. The largest absolute Gasteiger partial charge is 0.390 e. The second-order valence-corrected chi connectivity index (χ2v) is 5.97. The van der Waals surface area contributed by atoms with Gasteiger partial charge >= 0.3 is 0 Å². The second-order valence-electron chi connectivity index (χ2n) is 5.97. The quantitative estimate of drug-likeness (QED) is 0.326. The van der Waals surface area contributed by atoms with Crippen LogP contribution in [0.2, 0.25) is 0 Å². The number of aromatic nitrogens is 4. The second kappa shape index (κ2) is 8.50. The number of ether oxygens (including phenoxy) is 1. The van der Waals surface area contributed by atoms with Crippen molar-refractivity contribution >= 4 is 17.0 Å². The van der Waals surface area contributed by atoms with Crippen molar-refractivity contribution < 1.29 is 19.6 Å². The summed E-state index contributed by atoms with van der Waals surface area (Å²) in [5.41, 5.74) is 12.3. The Balaban J connectivity index is 1.50. The van der Waals surface area contributed by atoms with Crippen LogP contribution in [0, 0.1) is 0 Å². The van der Waals surface area contributed by atoms with E-state index in [9.17, 15) is 5.11 Å². The van der Waals surface area contributed by atoms with Gasteiger partial charge in [-0.15, -0.1) is 0 Å². The number of imidazole rings is 1. The molecule has 10 heteroatoms. The molecule has 0 spiro atoms. The zero-order chi connectivity index (χ0) is 17.6. The van der Waals surface area contributed by atoms with Gasteiger partial charge in [0.25, 0.3) is 0 Å². The van der Waals surface area contributed by atoms with Crippen molar-refractivity contribution in [1.29, 1.82) is 0 Å². The van der Waals surface area contributed by atoms with E-state index in [-0.39, 0.29) is 6.61 Å². The first-order chi connectivity index (χ1) is 12.2. The van der Waals surface area contributed by atoms with Crippen LogP contribution in [-0.4, -0.2) is 56.6 Å². The van der Waals surface area contributed by atoms with Crippen molar-refractivity contribution in [3.63, 3.8) is 0 Å². The number of unbranched alkanes of at least 4 members (excludes halogenated alkanes) is 2. The molecular weight excluding hydrogens is 328 g/mol. The highest BCUT2D eigenvalue weighted by molar-refractivity contribution is 5.81. The summed E-state index contributed by atoms with van der Waals surface area (Å²) in [5.74, 6) is 0.310. The van der Waals surface area contributed by atoms with E-state index in [1.54, 1.807) is 10.9 Å². The van der Waals surface area contributed by atoms with Crippen molar-refractivity contribution in [1.82, 2.24) is 19.5 Å². The molecule has 1 aliphatic rings. The maximum Gasteiger partial charge on any atom is 0.167 e. The summed E-state index contributed by atoms with van der Waals surface area (Å²) in [6.45, 7) is 1.33. The van der Waals surface area contributed by atoms with E-state index in [0.29, 0.717) is 36.6 Å². The van der Waals surface area contributed by atoms with E-state index in [1.165, 1.54) is 6.33 Å². The topological polar surface area (TPSA) is 144 Å². The zero-order valence-electron chi connectivity index (χ0n) is 14.0. The van der Waals surface area contributed by atoms with Crippen molar-refractivity contribution in [2.75, 3.05) is 25.5 Å². The van der Waals surface area contributed by atoms with Gasteiger partial charge in [0, 0.05) is 6.42 Å². The standard InChI is InChI=1S/C15H24N6O4/c16-4-2-1-3-5-23-24-7-11-10(22)6-12(25-11)21-9-20-13-14(17)18-8-19-15(13)21/h8-12,22H,1-7,16H2,(H2,17,18,19)/t10-,11+,12+/m0/s1. The number of aliphatic hydroxyl groups excluding tert-OH is 1. The molecule has 2 aromatic rings. The minimum atomic E-state index is -0.664. The predicted octanol–water partition coefficient (Wildman–Crippen LogP) is 0.134. The fourth-order valence-corrected chi connectivity index (χ4v) is 2.77. The molecule has 0 aromatic carbocycles. The van der Waals surface area contributed by atoms with Gasteiger partial charge in [-0.25, -0.2) is 24.7 Å². The summed E-state index contributed by atoms with van der Waals surface area (Å²) in [6.07, 6.45) is 4.69. The third kappa shape index (κ3) is 4.22. The molecule has 3 atom stereocenters. The first-order valence-corrected chi connectivity index (χ1v) is 8.41. The molecule has 0 saturated carbocycles. The molecule has 1 fully saturated rings. The maximum atomic E-state index is 10.2. The van der Waals surface area contributed by atoms with Crippen molar-refractivity contribution in [3.8, 4) is 0 Å². The van der Waals surface area contributed by atoms with Crippen LogP contribution in [0.3, 0.4) is 0 Å². The number of rotatable bonds is 9. The van der Waals surface area contributed by atoms with Crippen LogP contribution in [0.5, 0.6) is 0 Å². The Morgan fingerprint density at radius 1 is 1.24 bits per heavy atom. The Bertz CT molecular complexity index is 681. The first kappa shape index (κ1) is 18.0. The lowest BCUT2D eigenvalue weighted by Crippen LogP contribution is -2.26. The Labute approximate surface area is 145 Å². The van der Waals surface area contributed by atoms with Gasteiger partial charge in [-0.3, -0.25) is 4.57 Å². The van der Waals surface area contributed by atoms with Gasteiger partial charge in [-0.1, -0.05) is 0 Å². The highest BCUT2D eigenvalue weighted by atomic mass is 17.2. The third-order valence-corrected chi connectivity index (χ3v) is 4.15. The molecule has 3 heterocycles. The molecule has 2 aromatic heterocycles. The highest BCUT2D eigenvalue weighted by Gasteiger charge is 2.36. The summed E-state index contributed by atoms with van der Waals surface area (Å²) in [4.78, 5) is 22.6. The molecule has 1 aliphatic heterocycles. The number of hydrogen-bond donors (Lipinski definition) is 3. The van der Waals surface area contributed by atoms with E-state index in [4.69, 9.17) is 26.0 Å². The molecule has 5 N–H and O–H groups in total. The summed E-state index contributed by atoms with van der Waals surface area (Å²) < 4.78 is 7.60. The van der Waals surface area contributed by atoms with Gasteiger partial charge in [-0.2, -0.15) is 0 Å². The molecule has 0 aliphatic carbocycles. The fourth-order valence-electron chi connectivity index (χ4n) is 2.77. The van der Waals surface area contributed by atoms with Crippen molar-refractivity contribution in [3.05, 3.63) is 12.7 Å². The molecule has 3 rings (SSSR count). The molecule has 0 radical (unpaired) electrons. The van der Waals surface area contributed by atoms with E-state index in [2.05, 4.69) is 15.0 Å². The predicted molar refractivity (Wildman–Crippen MR) is 89.1 cm³/mol. The Morgan fingerprint density at radius 3 is 2.96 bits per heavy atom. The number of nitrogen functional groups attached to an aromatic ring is 1. The SMILES string of the molecule is NCCCCCOOC[C@H]1O[C@@H](n2cnc3c(N)ncnc32)C[C@@H]1O. The monoisotopic (exact) mass is 352 g/mol. The lowest BCUT2D eigenvalue weighted by Gasteiger charge is -2.15. The number of nitrogens with zero attached hydrogens (tertiary/aromatic N) is 4. The number of aliphatic hydroxyl groups is 1. The van der Waals surface area contributed by atoms with Crippen LogP contribution in [0.1, 0.15) is 31.9 Å². The van der Waals surface area contributed by atoms with Gasteiger partial charge in [0.15, 0.2) is 11.5 Å². The average molecular weight is 352 g/mol. The Morgan fingerprint density at radius 2 is 2.12 bits per heavy atom. The van der Waals surface area contributed by atoms with E-state index < -0.39 is 18.4 Å². The van der Waals surface area contributed by atoms with Crippen LogP contribution in [0.25, 0.3) is 11.2 Å². The molecule has 0 amide bonds. The molecule has 138 valence electrons. The Hall–Kier alpha value is -1.85. The van der Waals surface area contributed by atoms with Gasteiger partial charge in [0.1, 0.15) is 30.8 Å². The van der Waals surface area contributed by atoms with E-state index in [0.717, 1.165) is 19.3 Å². The fraction of sp³-hybridized carbons (Fsp3) is 0.667. The highest BCUT2D eigenvalue weighted by Crippen LogP contribution is 2.31. The Kier molecular flexibility index (Phi) is 6.10. The van der Waals surface area contributed by atoms with Crippen LogP contribution in [0.4, 0.5) is 5.82 Å². The molecule has 25 heavy (non-hydrogen) atoms. The minimum Gasteiger partial charge on any atom is -0.390 e. The zero-order valence-corrected chi connectivity index (χ0v) is 14.0. The van der Waals surface area contributed by atoms with E-state index in [1.807, 2.05) is 0 Å². The molecule has 10 nitrogen and oxygen atoms in total. The first-order valence-electron chi connectivity index (χ1n) is 8.41. The number of hydrogen-bond acceptors (Lipinski definition) is 9.